The van der Waals surface area contributed by atoms with Gasteiger partial charge in [0, 0.05) is 13.0 Å². The first-order valence-electron chi connectivity index (χ1n) is 5.52. The molecule has 0 unspecified atom stereocenters. The molecule has 1 heterocycles. The molecular weight excluding hydrogens is 216 g/mol. The van der Waals surface area contributed by atoms with Crippen molar-refractivity contribution in [2.75, 3.05) is 14.2 Å². The molecule has 0 aliphatic carbocycles. The van der Waals surface area contributed by atoms with Crippen molar-refractivity contribution in [1.29, 1.82) is 0 Å². The third-order valence-corrected chi connectivity index (χ3v) is 2.47. The second-order valence-corrected chi connectivity index (χ2v) is 3.79. The molecule has 0 radical (unpaired) electrons. The highest BCUT2D eigenvalue weighted by molar-refractivity contribution is 5.28. The average Bonchev–Trinajstić information content (AvgIpc) is 2.78. The van der Waals surface area contributed by atoms with Gasteiger partial charge in [-0.15, -0.1) is 0 Å². The predicted octanol–water partition coefficient (Wildman–Crippen LogP) is 1.99. The molecule has 0 aliphatic heterocycles. The van der Waals surface area contributed by atoms with E-state index in [2.05, 4.69) is 10.3 Å². The maximum atomic E-state index is 5.40. The van der Waals surface area contributed by atoms with Crippen molar-refractivity contribution in [1.82, 2.24) is 10.3 Å². The molecule has 4 heteroatoms. The smallest absolute Gasteiger partial charge is 0.198 e. The van der Waals surface area contributed by atoms with Gasteiger partial charge in [-0.25, -0.2) is 4.98 Å². The van der Waals surface area contributed by atoms with E-state index in [4.69, 9.17) is 9.15 Å². The highest BCUT2D eigenvalue weighted by atomic mass is 16.5. The van der Waals surface area contributed by atoms with Crippen molar-refractivity contribution in [2.24, 2.45) is 0 Å². The summed E-state index contributed by atoms with van der Waals surface area (Å²) in [5.41, 5.74) is 2.08. The fourth-order valence-electron chi connectivity index (χ4n) is 1.61. The van der Waals surface area contributed by atoms with Crippen molar-refractivity contribution in [3.8, 4) is 5.75 Å². The summed E-state index contributed by atoms with van der Waals surface area (Å²) in [6.45, 7) is 0.728. The Bertz CT molecular complexity index is 463. The van der Waals surface area contributed by atoms with Crippen LogP contribution in [0.4, 0.5) is 0 Å². The number of benzene rings is 1. The van der Waals surface area contributed by atoms with E-state index < -0.39 is 0 Å². The second kappa shape index (κ2) is 5.50. The predicted molar refractivity (Wildman–Crippen MR) is 65.1 cm³/mol. The highest BCUT2D eigenvalue weighted by Gasteiger charge is 2.04. The molecule has 0 atom stereocenters. The number of hydrogen-bond acceptors (Lipinski definition) is 4. The molecule has 0 saturated heterocycles. The van der Waals surface area contributed by atoms with Crippen LogP contribution in [-0.4, -0.2) is 19.1 Å². The Morgan fingerprint density at radius 3 is 2.71 bits per heavy atom. The SMILES string of the molecule is CNCc1coc(Cc2ccc(OC)cc2)n1. The molecule has 0 fully saturated rings. The third-order valence-electron chi connectivity index (χ3n) is 2.47. The van der Waals surface area contributed by atoms with Crippen LogP contribution in [0.25, 0.3) is 0 Å². The molecule has 0 aliphatic rings. The van der Waals surface area contributed by atoms with E-state index in [1.54, 1.807) is 13.4 Å². The molecule has 1 aromatic heterocycles. The number of ether oxygens (including phenoxy) is 1. The molecule has 1 aromatic carbocycles. The van der Waals surface area contributed by atoms with Crippen molar-refractivity contribution in [3.05, 3.63) is 47.7 Å². The Labute approximate surface area is 101 Å². The zero-order chi connectivity index (χ0) is 12.1. The van der Waals surface area contributed by atoms with E-state index in [1.165, 1.54) is 0 Å². The maximum Gasteiger partial charge on any atom is 0.198 e. The largest absolute Gasteiger partial charge is 0.497 e. The Balaban J connectivity index is 2.03. The lowest BCUT2D eigenvalue weighted by Gasteiger charge is -2.00. The van der Waals surface area contributed by atoms with Gasteiger partial charge in [-0.1, -0.05) is 12.1 Å². The van der Waals surface area contributed by atoms with Gasteiger partial charge in [-0.3, -0.25) is 0 Å². The molecule has 4 nitrogen and oxygen atoms in total. The molecule has 0 bridgehead atoms. The van der Waals surface area contributed by atoms with Crippen molar-refractivity contribution >= 4 is 0 Å². The highest BCUT2D eigenvalue weighted by Crippen LogP contribution is 2.14. The van der Waals surface area contributed by atoms with Gasteiger partial charge in [-0.2, -0.15) is 0 Å². The first kappa shape index (κ1) is 11.7. The minimum Gasteiger partial charge on any atom is -0.497 e. The molecule has 17 heavy (non-hydrogen) atoms. The first-order chi connectivity index (χ1) is 8.31. The topological polar surface area (TPSA) is 47.3 Å². The van der Waals surface area contributed by atoms with Crippen LogP contribution in [0.1, 0.15) is 17.1 Å². The standard InChI is InChI=1S/C13H16N2O2/c1-14-8-11-9-17-13(15-11)7-10-3-5-12(16-2)6-4-10/h3-6,9,14H,7-8H2,1-2H3. The van der Waals surface area contributed by atoms with Gasteiger partial charge in [0.1, 0.15) is 12.0 Å². The fraction of sp³-hybridized carbons (Fsp3) is 0.308. The van der Waals surface area contributed by atoms with Gasteiger partial charge in [0.25, 0.3) is 0 Å². The maximum absolute atomic E-state index is 5.40. The quantitative estimate of drug-likeness (QED) is 0.856. The van der Waals surface area contributed by atoms with Gasteiger partial charge < -0.3 is 14.5 Å². The molecule has 0 spiro atoms. The Morgan fingerprint density at radius 2 is 2.06 bits per heavy atom. The van der Waals surface area contributed by atoms with Crippen LogP contribution in [0.5, 0.6) is 5.75 Å². The zero-order valence-corrected chi connectivity index (χ0v) is 10.1. The lowest BCUT2D eigenvalue weighted by Crippen LogP contribution is -2.05. The summed E-state index contributed by atoms with van der Waals surface area (Å²) in [6, 6.07) is 7.90. The van der Waals surface area contributed by atoms with Crippen LogP contribution in [-0.2, 0) is 13.0 Å². The molecule has 1 N–H and O–H groups in total. The summed E-state index contributed by atoms with van der Waals surface area (Å²) in [4.78, 5) is 4.38. The number of methoxy groups -OCH3 is 1. The molecule has 0 amide bonds. The minimum absolute atomic E-state index is 0.702. The van der Waals surface area contributed by atoms with Gasteiger partial charge in [0.2, 0.25) is 0 Å². The summed E-state index contributed by atoms with van der Waals surface area (Å²) in [6.07, 6.45) is 2.39. The molecule has 0 saturated carbocycles. The van der Waals surface area contributed by atoms with Crippen molar-refractivity contribution in [3.63, 3.8) is 0 Å². The van der Waals surface area contributed by atoms with Crippen molar-refractivity contribution < 1.29 is 9.15 Å². The zero-order valence-electron chi connectivity index (χ0n) is 10.1. The lowest BCUT2D eigenvalue weighted by molar-refractivity contribution is 0.414. The van der Waals surface area contributed by atoms with E-state index in [-0.39, 0.29) is 0 Å². The van der Waals surface area contributed by atoms with Crippen molar-refractivity contribution in [2.45, 2.75) is 13.0 Å². The van der Waals surface area contributed by atoms with Gasteiger partial charge >= 0.3 is 0 Å². The van der Waals surface area contributed by atoms with Gasteiger partial charge in [-0.05, 0) is 24.7 Å². The lowest BCUT2D eigenvalue weighted by atomic mass is 10.1. The number of hydrogen-bond donors (Lipinski definition) is 1. The van der Waals surface area contributed by atoms with E-state index in [0.29, 0.717) is 6.42 Å². The minimum atomic E-state index is 0.702. The van der Waals surface area contributed by atoms with Crippen LogP contribution < -0.4 is 10.1 Å². The van der Waals surface area contributed by atoms with Gasteiger partial charge in [0.15, 0.2) is 5.89 Å². The number of nitrogens with zero attached hydrogens (tertiary/aromatic N) is 1. The summed E-state index contributed by atoms with van der Waals surface area (Å²) in [5, 5.41) is 3.04. The molecule has 2 rings (SSSR count). The van der Waals surface area contributed by atoms with Crippen LogP contribution in [0, 0.1) is 0 Å². The van der Waals surface area contributed by atoms with Gasteiger partial charge in [0.05, 0.1) is 12.8 Å². The van der Waals surface area contributed by atoms with E-state index in [0.717, 1.165) is 29.4 Å². The van der Waals surface area contributed by atoms with E-state index in [9.17, 15) is 0 Å². The molecule has 90 valence electrons. The summed E-state index contributed by atoms with van der Waals surface area (Å²) in [7, 11) is 3.55. The number of oxazole rings is 1. The average molecular weight is 232 g/mol. The molecular formula is C13H16N2O2. The van der Waals surface area contributed by atoms with E-state index >= 15 is 0 Å². The second-order valence-electron chi connectivity index (χ2n) is 3.79. The Morgan fingerprint density at radius 1 is 1.29 bits per heavy atom. The Hall–Kier alpha value is -1.81. The van der Waals surface area contributed by atoms with Crippen LogP contribution in [0.15, 0.2) is 34.9 Å². The van der Waals surface area contributed by atoms with Crippen LogP contribution in [0.3, 0.4) is 0 Å². The summed E-state index contributed by atoms with van der Waals surface area (Å²) >= 11 is 0. The third kappa shape index (κ3) is 3.07. The normalized spacial score (nSPS) is 10.5. The summed E-state index contributed by atoms with van der Waals surface area (Å²) < 4.78 is 10.5. The Kier molecular flexibility index (Phi) is 3.77. The first-order valence-corrected chi connectivity index (χ1v) is 5.52. The number of aromatic nitrogens is 1. The monoisotopic (exact) mass is 232 g/mol. The number of nitrogens with one attached hydrogen (secondary N) is 1. The summed E-state index contributed by atoms with van der Waals surface area (Å²) in [5.74, 6) is 1.59. The fourth-order valence-corrected chi connectivity index (χ4v) is 1.61. The van der Waals surface area contributed by atoms with E-state index in [1.807, 2.05) is 31.3 Å². The van der Waals surface area contributed by atoms with Crippen LogP contribution in [0.2, 0.25) is 0 Å². The molecule has 2 aromatic rings. The number of rotatable bonds is 5. The van der Waals surface area contributed by atoms with Crippen LogP contribution >= 0.6 is 0 Å².